The molecule has 4 N–H and O–H groups in total. The molecule has 1 aromatic rings. The standard InChI is InChI=1S/C15H19ClF3N3O3/c1-3-4-7-20-22-12(23)9-5-6-11(10(16)8-9)21-13(24)14(2,25)15(17,18)19/h5-6,8,20,25H,3-4,7H2,1-2H3,(H,21,24)(H,22,23)/t14-/m1/s1. The highest BCUT2D eigenvalue weighted by Crippen LogP contribution is 2.32. The van der Waals surface area contributed by atoms with E-state index in [1.165, 1.54) is 18.2 Å². The van der Waals surface area contributed by atoms with Crippen LogP contribution in [0.1, 0.15) is 37.0 Å². The summed E-state index contributed by atoms with van der Waals surface area (Å²) in [5, 5.41) is 11.1. The van der Waals surface area contributed by atoms with Crippen LogP contribution in [-0.4, -0.2) is 35.2 Å². The lowest BCUT2D eigenvalue weighted by molar-refractivity contribution is -0.242. The lowest BCUT2D eigenvalue weighted by Crippen LogP contribution is -2.52. The number of hydrazine groups is 1. The van der Waals surface area contributed by atoms with Gasteiger partial charge in [0.25, 0.3) is 11.8 Å². The number of aliphatic hydroxyl groups is 1. The predicted octanol–water partition coefficient (Wildman–Crippen LogP) is 2.63. The number of amides is 2. The molecular weight excluding hydrogens is 363 g/mol. The van der Waals surface area contributed by atoms with Gasteiger partial charge in [-0.05, 0) is 31.5 Å². The Morgan fingerprint density at radius 2 is 1.92 bits per heavy atom. The van der Waals surface area contributed by atoms with Gasteiger partial charge in [-0.2, -0.15) is 13.2 Å². The van der Waals surface area contributed by atoms with Crippen molar-refractivity contribution in [3.63, 3.8) is 0 Å². The number of unbranched alkanes of at least 4 members (excludes halogenated alkanes) is 1. The summed E-state index contributed by atoms with van der Waals surface area (Å²) in [4.78, 5) is 23.5. The van der Waals surface area contributed by atoms with Crippen LogP contribution in [0.3, 0.4) is 0 Å². The Kier molecular flexibility index (Phi) is 7.21. The lowest BCUT2D eigenvalue weighted by atomic mass is 10.1. The van der Waals surface area contributed by atoms with Gasteiger partial charge in [-0.3, -0.25) is 15.0 Å². The molecule has 1 atom stereocenters. The van der Waals surface area contributed by atoms with Crippen LogP contribution in [0.25, 0.3) is 0 Å². The molecule has 0 heterocycles. The number of hydrogen-bond acceptors (Lipinski definition) is 4. The smallest absolute Gasteiger partial charge is 0.373 e. The summed E-state index contributed by atoms with van der Waals surface area (Å²) in [5.74, 6) is -2.17. The molecule has 140 valence electrons. The van der Waals surface area contributed by atoms with Crippen molar-refractivity contribution in [2.24, 2.45) is 0 Å². The van der Waals surface area contributed by atoms with Crippen molar-refractivity contribution in [2.45, 2.75) is 38.5 Å². The first-order valence-corrected chi connectivity index (χ1v) is 7.81. The van der Waals surface area contributed by atoms with E-state index in [2.05, 4.69) is 10.9 Å². The fourth-order valence-corrected chi connectivity index (χ4v) is 1.84. The maximum Gasteiger partial charge on any atom is 0.426 e. The summed E-state index contributed by atoms with van der Waals surface area (Å²) in [6, 6.07) is 3.64. The Labute approximate surface area is 147 Å². The molecule has 0 aliphatic heterocycles. The largest absolute Gasteiger partial charge is 0.426 e. The molecule has 0 saturated heterocycles. The van der Waals surface area contributed by atoms with Crippen molar-refractivity contribution in [3.8, 4) is 0 Å². The van der Waals surface area contributed by atoms with E-state index in [0.717, 1.165) is 12.8 Å². The molecular formula is C15H19ClF3N3O3. The number of nitrogens with one attached hydrogen (secondary N) is 3. The highest BCUT2D eigenvalue weighted by Gasteiger charge is 2.55. The summed E-state index contributed by atoms with van der Waals surface area (Å²) >= 11 is 5.89. The van der Waals surface area contributed by atoms with Gasteiger partial charge in [-0.1, -0.05) is 24.9 Å². The van der Waals surface area contributed by atoms with Gasteiger partial charge in [0, 0.05) is 12.1 Å². The van der Waals surface area contributed by atoms with Crippen LogP contribution in [0.5, 0.6) is 0 Å². The number of carbonyl (C=O) groups excluding carboxylic acids is 2. The van der Waals surface area contributed by atoms with E-state index in [0.29, 0.717) is 13.5 Å². The Morgan fingerprint density at radius 1 is 1.28 bits per heavy atom. The quantitative estimate of drug-likeness (QED) is 0.431. The molecule has 0 aliphatic rings. The van der Waals surface area contributed by atoms with E-state index >= 15 is 0 Å². The number of anilines is 1. The second-order valence-electron chi connectivity index (χ2n) is 5.45. The minimum Gasteiger partial charge on any atom is -0.373 e. The molecule has 2 amide bonds. The van der Waals surface area contributed by atoms with Crippen LogP contribution >= 0.6 is 11.6 Å². The minimum absolute atomic E-state index is 0.146. The van der Waals surface area contributed by atoms with Crippen molar-refractivity contribution in [1.29, 1.82) is 0 Å². The Morgan fingerprint density at radius 3 is 2.44 bits per heavy atom. The molecule has 1 aromatic carbocycles. The van der Waals surface area contributed by atoms with Gasteiger partial charge in [0.05, 0.1) is 10.7 Å². The zero-order chi connectivity index (χ0) is 19.3. The molecule has 1 rings (SSSR count). The highest BCUT2D eigenvalue weighted by atomic mass is 35.5. The van der Waals surface area contributed by atoms with Crippen LogP contribution in [-0.2, 0) is 4.79 Å². The van der Waals surface area contributed by atoms with E-state index in [1.807, 2.05) is 12.2 Å². The van der Waals surface area contributed by atoms with Gasteiger partial charge in [-0.25, -0.2) is 5.43 Å². The Hall–Kier alpha value is -1.84. The summed E-state index contributed by atoms with van der Waals surface area (Å²) in [7, 11) is 0. The average Bonchev–Trinajstić information content (AvgIpc) is 2.52. The SMILES string of the molecule is CCCCNNC(=O)c1ccc(NC(=O)[C@@](C)(O)C(F)(F)F)c(Cl)c1. The fraction of sp³-hybridized carbons (Fsp3) is 0.467. The zero-order valence-electron chi connectivity index (χ0n) is 13.6. The maximum atomic E-state index is 12.6. The topological polar surface area (TPSA) is 90.5 Å². The first kappa shape index (κ1) is 21.2. The molecule has 10 heteroatoms. The second kappa shape index (κ2) is 8.50. The first-order valence-electron chi connectivity index (χ1n) is 7.44. The molecule has 0 aliphatic carbocycles. The predicted molar refractivity (Wildman–Crippen MR) is 87.1 cm³/mol. The molecule has 0 fully saturated rings. The van der Waals surface area contributed by atoms with Crippen molar-refractivity contribution in [3.05, 3.63) is 28.8 Å². The van der Waals surface area contributed by atoms with Gasteiger partial charge in [0.2, 0.25) is 5.60 Å². The molecule has 0 aromatic heterocycles. The zero-order valence-corrected chi connectivity index (χ0v) is 14.4. The van der Waals surface area contributed by atoms with Crippen molar-refractivity contribution in [2.75, 3.05) is 11.9 Å². The van der Waals surface area contributed by atoms with Crippen LogP contribution in [0, 0.1) is 0 Å². The minimum atomic E-state index is -5.15. The third-order valence-electron chi connectivity index (χ3n) is 3.33. The third-order valence-corrected chi connectivity index (χ3v) is 3.64. The monoisotopic (exact) mass is 381 g/mol. The Balaban J connectivity index is 2.79. The number of benzene rings is 1. The normalized spacial score (nSPS) is 13.9. The molecule has 25 heavy (non-hydrogen) atoms. The van der Waals surface area contributed by atoms with Crippen LogP contribution in [0.2, 0.25) is 5.02 Å². The third kappa shape index (κ3) is 5.58. The first-order chi connectivity index (χ1) is 11.5. The molecule has 0 saturated carbocycles. The number of carbonyl (C=O) groups is 2. The second-order valence-corrected chi connectivity index (χ2v) is 5.86. The van der Waals surface area contributed by atoms with Gasteiger partial charge in [0.1, 0.15) is 0 Å². The summed E-state index contributed by atoms with van der Waals surface area (Å²) in [6.07, 6.45) is -3.33. The van der Waals surface area contributed by atoms with Crippen LogP contribution in [0.15, 0.2) is 18.2 Å². The van der Waals surface area contributed by atoms with E-state index in [9.17, 15) is 27.9 Å². The van der Waals surface area contributed by atoms with Crippen LogP contribution < -0.4 is 16.2 Å². The Bertz CT molecular complexity index is 636. The number of hydrogen-bond donors (Lipinski definition) is 4. The maximum absolute atomic E-state index is 12.6. The average molecular weight is 382 g/mol. The molecule has 0 radical (unpaired) electrons. The lowest BCUT2D eigenvalue weighted by Gasteiger charge is -2.25. The van der Waals surface area contributed by atoms with Gasteiger partial charge in [-0.15, -0.1) is 0 Å². The highest BCUT2D eigenvalue weighted by molar-refractivity contribution is 6.34. The van der Waals surface area contributed by atoms with Crippen molar-refractivity contribution in [1.82, 2.24) is 10.9 Å². The molecule has 0 unspecified atom stereocenters. The fourth-order valence-electron chi connectivity index (χ4n) is 1.61. The van der Waals surface area contributed by atoms with Gasteiger partial charge < -0.3 is 10.4 Å². The van der Waals surface area contributed by atoms with Gasteiger partial charge >= 0.3 is 6.18 Å². The molecule has 0 bridgehead atoms. The summed E-state index contributed by atoms with van der Waals surface area (Å²) < 4.78 is 37.9. The number of halogens is 4. The van der Waals surface area contributed by atoms with E-state index in [-0.39, 0.29) is 16.3 Å². The van der Waals surface area contributed by atoms with E-state index in [1.54, 1.807) is 0 Å². The van der Waals surface area contributed by atoms with Crippen LogP contribution in [0.4, 0.5) is 18.9 Å². The van der Waals surface area contributed by atoms with E-state index in [4.69, 9.17) is 11.6 Å². The summed E-state index contributed by atoms with van der Waals surface area (Å²) in [5.41, 5.74) is 1.57. The molecule has 6 nitrogen and oxygen atoms in total. The van der Waals surface area contributed by atoms with E-state index < -0.39 is 23.6 Å². The number of rotatable bonds is 7. The number of alkyl halides is 3. The molecule has 0 spiro atoms. The summed E-state index contributed by atoms with van der Waals surface area (Å²) in [6.45, 7) is 2.91. The van der Waals surface area contributed by atoms with Gasteiger partial charge in [0.15, 0.2) is 0 Å². The van der Waals surface area contributed by atoms with Crippen molar-refractivity contribution >= 4 is 29.1 Å². The van der Waals surface area contributed by atoms with Crippen molar-refractivity contribution < 1.29 is 27.9 Å².